The summed E-state index contributed by atoms with van der Waals surface area (Å²) in [5.41, 5.74) is 0.177. The number of rotatable bonds is 7. The molecule has 0 aliphatic rings. The maximum absolute atomic E-state index is 14.2. The SMILES string of the molecule is O=[N+]([O-])c1c(Nc2ccc(Oc3ccccc3)cc2)ncnc1Nc1ccc(Br)cc1F. The second-order valence-electron chi connectivity index (χ2n) is 6.49. The summed E-state index contributed by atoms with van der Waals surface area (Å²) >= 11 is 3.17. The van der Waals surface area contributed by atoms with Gasteiger partial charge in [-0.05, 0) is 54.6 Å². The third-order valence-electron chi connectivity index (χ3n) is 4.29. The highest BCUT2D eigenvalue weighted by atomic mass is 79.9. The summed E-state index contributed by atoms with van der Waals surface area (Å²) in [6.45, 7) is 0. The van der Waals surface area contributed by atoms with E-state index in [0.717, 1.165) is 6.33 Å². The molecule has 0 radical (unpaired) electrons. The zero-order valence-corrected chi connectivity index (χ0v) is 17.9. The molecular formula is C22H15BrFN5O3. The van der Waals surface area contributed by atoms with Crippen molar-refractivity contribution in [3.63, 3.8) is 0 Å². The van der Waals surface area contributed by atoms with Crippen molar-refractivity contribution < 1.29 is 14.1 Å². The first kappa shape index (κ1) is 21.2. The quantitative estimate of drug-likeness (QED) is 0.221. The van der Waals surface area contributed by atoms with Crippen LogP contribution >= 0.6 is 15.9 Å². The number of aromatic nitrogens is 2. The van der Waals surface area contributed by atoms with Crippen LogP contribution < -0.4 is 15.4 Å². The van der Waals surface area contributed by atoms with Gasteiger partial charge in [-0.1, -0.05) is 34.1 Å². The number of ether oxygens (including phenoxy) is 1. The van der Waals surface area contributed by atoms with Gasteiger partial charge in [0.1, 0.15) is 23.6 Å². The predicted molar refractivity (Wildman–Crippen MR) is 122 cm³/mol. The smallest absolute Gasteiger partial charge is 0.353 e. The summed E-state index contributed by atoms with van der Waals surface area (Å²) in [4.78, 5) is 19.0. The number of nitrogens with one attached hydrogen (secondary N) is 2. The number of benzene rings is 3. The van der Waals surface area contributed by atoms with E-state index in [1.807, 2.05) is 30.3 Å². The molecule has 0 aliphatic carbocycles. The average molecular weight is 496 g/mol. The van der Waals surface area contributed by atoms with Gasteiger partial charge in [-0.3, -0.25) is 10.1 Å². The lowest BCUT2D eigenvalue weighted by atomic mass is 10.2. The van der Waals surface area contributed by atoms with Gasteiger partial charge in [-0.2, -0.15) is 0 Å². The first-order chi connectivity index (χ1) is 15.5. The van der Waals surface area contributed by atoms with Gasteiger partial charge in [-0.15, -0.1) is 0 Å². The summed E-state index contributed by atoms with van der Waals surface area (Å²) in [5, 5.41) is 17.3. The van der Waals surface area contributed by atoms with Crippen LogP contribution in [0.2, 0.25) is 0 Å². The average Bonchev–Trinajstić information content (AvgIpc) is 2.78. The van der Waals surface area contributed by atoms with Gasteiger partial charge in [0.15, 0.2) is 0 Å². The topological polar surface area (TPSA) is 102 Å². The lowest BCUT2D eigenvalue weighted by Gasteiger charge is -2.11. The number of hydrogen-bond donors (Lipinski definition) is 2. The summed E-state index contributed by atoms with van der Waals surface area (Å²) < 4.78 is 20.5. The van der Waals surface area contributed by atoms with E-state index < -0.39 is 16.4 Å². The molecule has 2 N–H and O–H groups in total. The minimum Gasteiger partial charge on any atom is -0.457 e. The molecule has 0 saturated carbocycles. The Labute approximate surface area is 190 Å². The third kappa shape index (κ3) is 4.98. The Balaban J connectivity index is 1.57. The van der Waals surface area contributed by atoms with Crippen LogP contribution in [0, 0.1) is 15.9 Å². The molecule has 3 aromatic carbocycles. The highest BCUT2D eigenvalue weighted by Gasteiger charge is 2.24. The molecule has 1 aromatic heterocycles. The van der Waals surface area contributed by atoms with E-state index in [9.17, 15) is 14.5 Å². The molecule has 4 aromatic rings. The normalized spacial score (nSPS) is 10.4. The predicted octanol–water partition coefficient (Wildman–Crippen LogP) is 6.57. The van der Waals surface area contributed by atoms with E-state index in [4.69, 9.17) is 4.74 Å². The second kappa shape index (κ2) is 9.40. The minimum atomic E-state index is -0.631. The van der Waals surface area contributed by atoms with E-state index in [1.54, 1.807) is 30.3 Å². The molecule has 1 heterocycles. The van der Waals surface area contributed by atoms with Crippen LogP contribution in [0.5, 0.6) is 11.5 Å². The molecule has 4 rings (SSSR count). The van der Waals surface area contributed by atoms with E-state index >= 15 is 0 Å². The zero-order valence-electron chi connectivity index (χ0n) is 16.3. The molecule has 0 atom stereocenters. The van der Waals surface area contributed by atoms with Crippen molar-refractivity contribution in [1.29, 1.82) is 0 Å². The van der Waals surface area contributed by atoms with Crippen molar-refractivity contribution in [2.75, 3.05) is 10.6 Å². The highest BCUT2D eigenvalue weighted by Crippen LogP contribution is 2.34. The Morgan fingerprint density at radius 1 is 0.906 bits per heavy atom. The number of para-hydroxylation sites is 1. The monoisotopic (exact) mass is 495 g/mol. The third-order valence-corrected chi connectivity index (χ3v) is 4.78. The summed E-state index contributed by atoms with van der Waals surface area (Å²) in [6, 6.07) is 20.4. The molecule has 0 amide bonds. The molecule has 32 heavy (non-hydrogen) atoms. The van der Waals surface area contributed by atoms with Crippen LogP contribution in [0.15, 0.2) is 83.6 Å². The molecule has 0 unspecified atom stereocenters. The summed E-state index contributed by atoms with van der Waals surface area (Å²) in [5.74, 6) is 0.526. The number of hydrogen-bond acceptors (Lipinski definition) is 7. The Bertz CT molecular complexity index is 1260. The number of halogens is 2. The lowest BCUT2D eigenvalue weighted by molar-refractivity contribution is -0.383. The molecule has 0 fully saturated rings. The van der Waals surface area contributed by atoms with Crippen LogP contribution in [-0.2, 0) is 0 Å². The molecule has 0 aliphatic heterocycles. The van der Waals surface area contributed by atoms with Crippen LogP contribution in [-0.4, -0.2) is 14.9 Å². The van der Waals surface area contributed by atoms with Gasteiger partial charge >= 0.3 is 5.69 Å². The van der Waals surface area contributed by atoms with Gasteiger partial charge in [-0.25, -0.2) is 14.4 Å². The van der Waals surface area contributed by atoms with Crippen LogP contribution in [0.3, 0.4) is 0 Å². The standard InChI is InChI=1S/C22H15BrFN5O3/c23-14-6-11-19(18(24)12-14)28-22-20(29(30)31)21(25-13-26-22)27-15-7-9-17(10-8-15)32-16-4-2-1-3-5-16/h1-13H,(H2,25,26,27,28). The number of nitro groups is 1. The largest absolute Gasteiger partial charge is 0.457 e. The van der Waals surface area contributed by atoms with E-state index in [0.29, 0.717) is 21.7 Å². The van der Waals surface area contributed by atoms with Crippen molar-refractivity contribution >= 4 is 44.6 Å². The molecule has 8 nitrogen and oxygen atoms in total. The van der Waals surface area contributed by atoms with Crippen molar-refractivity contribution in [2.45, 2.75) is 0 Å². The number of nitrogens with zero attached hydrogens (tertiary/aromatic N) is 3. The first-order valence-electron chi connectivity index (χ1n) is 9.31. The fourth-order valence-electron chi connectivity index (χ4n) is 2.82. The van der Waals surface area contributed by atoms with E-state index in [2.05, 4.69) is 36.5 Å². The van der Waals surface area contributed by atoms with Gasteiger partial charge < -0.3 is 15.4 Å². The van der Waals surface area contributed by atoms with Gasteiger partial charge in [0.05, 0.1) is 10.6 Å². The Kier molecular flexibility index (Phi) is 6.22. The summed E-state index contributed by atoms with van der Waals surface area (Å²) in [7, 11) is 0. The Hall–Kier alpha value is -4.05. The van der Waals surface area contributed by atoms with Crippen molar-refractivity contribution in [2.24, 2.45) is 0 Å². The minimum absolute atomic E-state index is 0.0400. The van der Waals surface area contributed by atoms with Gasteiger partial charge in [0.2, 0.25) is 11.6 Å². The number of anilines is 4. The highest BCUT2D eigenvalue weighted by molar-refractivity contribution is 9.10. The fraction of sp³-hybridized carbons (Fsp3) is 0. The maximum Gasteiger partial charge on any atom is 0.353 e. The molecule has 0 spiro atoms. The molecule has 10 heteroatoms. The zero-order chi connectivity index (χ0) is 22.5. The van der Waals surface area contributed by atoms with E-state index in [1.165, 1.54) is 12.1 Å². The second-order valence-corrected chi connectivity index (χ2v) is 7.41. The first-order valence-corrected chi connectivity index (χ1v) is 10.1. The van der Waals surface area contributed by atoms with E-state index in [-0.39, 0.29) is 17.3 Å². The van der Waals surface area contributed by atoms with Crippen LogP contribution in [0.4, 0.5) is 33.1 Å². The Morgan fingerprint density at radius 3 is 2.22 bits per heavy atom. The Morgan fingerprint density at radius 2 is 1.56 bits per heavy atom. The molecule has 160 valence electrons. The molecule has 0 bridgehead atoms. The maximum atomic E-state index is 14.2. The summed E-state index contributed by atoms with van der Waals surface area (Å²) in [6.07, 6.45) is 1.15. The van der Waals surface area contributed by atoms with Crippen LogP contribution in [0.25, 0.3) is 0 Å². The van der Waals surface area contributed by atoms with Crippen molar-refractivity contribution in [1.82, 2.24) is 9.97 Å². The van der Waals surface area contributed by atoms with Gasteiger partial charge in [0.25, 0.3) is 0 Å². The molecule has 0 saturated heterocycles. The fourth-order valence-corrected chi connectivity index (χ4v) is 3.15. The van der Waals surface area contributed by atoms with Gasteiger partial charge in [0, 0.05) is 10.2 Å². The van der Waals surface area contributed by atoms with Crippen molar-refractivity contribution in [3.8, 4) is 11.5 Å². The lowest BCUT2D eigenvalue weighted by Crippen LogP contribution is -2.06. The van der Waals surface area contributed by atoms with Crippen molar-refractivity contribution in [3.05, 3.63) is 99.5 Å². The van der Waals surface area contributed by atoms with Crippen LogP contribution in [0.1, 0.15) is 0 Å². The molecular weight excluding hydrogens is 481 g/mol.